The van der Waals surface area contributed by atoms with Crippen molar-refractivity contribution >= 4 is 16.9 Å². The molecular weight excluding hydrogens is 417 g/mol. The van der Waals surface area contributed by atoms with E-state index < -0.39 is 35.2 Å². The smallest absolute Gasteiger partial charge is 0.453 e. The molecule has 1 heterocycles. The third-order valence-electron chi connectivity index (χ3n) is 4.48. The standard InChI is InChI=1S/C22H19F3O6/c1-11-5-6-12(2)16(9-11)30-19-18(26)15-8-7-14(29-13(3)21(27)28-4)10-17(15)31-20(19)22(23,24)25/h5-10,13H,1-4H3/t13-/m1/s1. The van der Waals surface area contributed by atoms with Gasteiger partial charge in [-0.2, -0.15) is 13.2 Å². The zero-order valence-corrected chi connectivity index (χ0v) is 17.1. The van der Waals surface area contributed by atoms with E-state index in [0.29, 0.717) is 5.56 Å². The quantitative estimate of drug-likeness (QED) is 0.515. The van der Waals surface area contributed by atoms with Crippen LogP contribution in [0.2, 0.25) is 0 Å². The molecule has 0 fully saturated rings. The van der Waals surface area contributed by atoms with E-state index in [1.165, 1.54) is 32.2 Å². The number of ether oxygens (including phenoxy) is 3. The van der Waals surface area contributed by atoms with E-state index in [2.05, 4.69) is 4.74 Å². The van der Waals surface area contributed by atoms with Crippen LogP contribution in [0.15, 0.2) is 45.6 Å². The molecule has 0 aliphatic carbocycles. The first-order valence-electron chi connectivity index (χ1n) is 9.19. The average Bonchev–Trinajstić information content (AvgIpc) is 2.70. The molecule has 0 saturated carbocycles. The number of carbonyl (C=O) groups is 1. The molecule has 2 aromatic carbocycles. The van der Waals surface area contributed by atoms with Crippen LogP contribution in [0.3, 0.4) is 0 Å². The lowest BCUT2D eigenvalue weighted by Gasteiger charge is -2.16. The van der Waals surface area contributed by atoms with Crippen LogP contribution < -0.4 is 14.9 Å². The Morgan fingerprint density at radius 3 is 2.45 bits per heavy atom. The van der Waals surface area contributed by atoms with Crippen LogP contribution in [0.5, 0.6) is 17.2 Å². The molecule has 0 N–H and O–H groups in total. The monoisotopic (exact) mass is 436 g/mol. The molecule has 0 bridgehead atoms. The van der Waals surface area contributed by atoms with Crippen molar-refractivity contribution in [3.63, 3.8) is 0 Å². The summed E-state index contributed by atoms with van der Waals surface area (Å²) in [6.07, 6.45) is -6.00. The molecule has 3 rings (SSSR count). The second kappa shape index (κ2) is 8.33. The highest BCUT2D eigenvalue weighted by atomic mass is 19.4. The van der Waals surface area contributed by atoms with Gasteiger partial charge >= 0.3 is 12.1 Å². The van der Waals surface area contributed by atoms with Crippen molar-refractivity contribution in [3.05, 3.63) is 63.5 Å². The predicted octanol–water partition coefficient (Wildman–Crippen LogP) is 5.16. The van der Waals surface area contributed by atoms with Crippen molar-refractivity contribution in [3.8, 4) is 17.2 Å². The minimum Gasteiger partial charge on any atom is -0.479 e. The SMILES string of the molecule is COC(=O)[C@@H](C)Oc1ccc2c(=O)c(Oc3cc(C)ccc3C)c(C(F)(F)F)oc2c1. The van der Waals surface area contributed by atoms with Crippen LogP contribution in [0.1, 0.15) is 23.8 Å². The second-order valence-corrected chi connectivity index (χ2v) is 6.90. The third-order valence-corrected chi connectivity index (χ3v) is 4.48. The van der Waals surface area contributed by atoms with Crippen molar-refractivity contribution in [1.29, 1.82) is 0 Å². The molecule has 9 heteroatoms. The van der Waals surface area contributed by atoms with Gasteiger partial charge in [-0.1, -0.05) is 12.1 Å². The summed E-state index contributed by atoms with van der Waals surface area (Å²) in [6.45, 7) is 4.81. The highest BCUT2D eigenvalue weighted by Crippen LogP contribution is 2.39. The normalized spacial score (nSPS) is 12.5. The first-order valence-corrected chi connectivity index (χ1v) is 9.19. The van der Waals surface area contributed by atoms with E-state index in [-0.39, 0.29) is 22.5 Å². The lowest BCUT2D eigenvalue weighted by molar-refractivity contribution is -0.154. The number of carbonyl (C=O) groups excluding carboxylic acids is 1. The van der Waals surface area contributed by atoms with Gasteiger partial charge in [-0.15, -0.1) is 0 Å². The fourth-order valence-electron chi connectivity index (χ4n) is 2.85. The highest BCUT2D eigenvalue weighted by Gasteiger charge is 2.40. The van der Waals surface area contributed by atoms with Gasteiger partial charge in [0.15, 0.2) is 6.10 Å². The number of fused-ring (bicyclic) bond motifs is 1. The number of hydrogen-bond acceptors (Lipinski definition) is 6. The molecule has 31 heavy (non-hydrogen) atoms. The van der Waals surface area contributed by atoms with Crippen LogP contribution in [-0.2, 0) is 15.7 Å². The van der Waals surface area contributed by atoms with Gasteiger partial charge < -0.3 is 18.6 Å². The molecule has 0 aliphatic heterocycles. The van der Waals surface area contributed by atoms with Gasteiger partial charge in [0.2, 0.25) is 11.2 Å². The van der Waals surface area contributed by atoms with Crippen molar-refractivity contribution in [2.45, 2.75) is 33.1 Å². The van der Waals surface area contributed by atoms with Crippen LogP contribution >= 0.6 is 0 Å². The topological polar surface area (TPSA) is 75.0 Å². The van der Waals surface area contributed by atoms with Gasteiger partial charge in [-0.3, -0.25) is 4.79 Å². The Morgan fingerprint density at radius 2 is 1.81 bits per heavy atom. The first-order chi connectivity index (χ1) is 14.5. The number of hydrogen-bond donors (Lipinski definition) is 0. The number of benzene rings is 2. The summed E-state index contributed by atoms with van der Waals surface area (Å²) in [5.41, 5.74) is -0.0399. The lowest BCUT2D eigenvalue weighted by atomic mass is 10.1. The largest absolute Gasteiger partial charge is 0.479 e. The summed E-state index contributed by atoms with van der Waals surface area (Å²) >= 11 is 0. The van der Waals surface area contributed by atoms with E-state index in [4.69, 9.17) is 13.9 Å². The Balaban J connectivity index is 2.13. The zero-order chi connectivity index (χ0) is 22.9. The van der Waals surface area contributed by atoms with E-state index >= 15 is 0 Å². The third kappa shape index (κ3) is 4.65. The number of aryl methyl sites for hydroxylation is 2. The summed E-state index contributed by atoms with van der Waals surface area (Å²) in [5, 5.41) is -0.133. The van der Waals surface area contributed by atoms with Crippen LogP contribution in [-0.4, -0.2) is 19.2 Å². The lowest BCUT2D eigenvalue weighted by Crippen LogP contribution is -2.24. The van der Waals surface area contributed by atoms with Gasteiger partial charge in [0.1, 0.15) is 17.1 Å². The summed E-state index contributed by atoms with van der Waals surface area (Å²) in [6, 6.07) is 8.67. The summed E-state index contributed by atoms with van der Waals surface area (Å²) in [4.78, 5) is 24.4. The number of halogens is 3. The predicted molar refractivity (Wildman–Crippen MR) is 106 cm³/mol. The van der Waals surface area contributed by atoms with Crippen LogP contribution in [0.25, 0.3) is 11.0 Å². The molecular formula is C22H19F3O6. The summed E-state index contributed by atoms with van der Waals surface area (Å²) in [7, 11) is 1.18. The minimum absolute atomic E-state index is 0.0323. The number of rotatable bonds is 5. The Hall–Kier alpha value is -3.49. The molecule has 3 aromatic rings. The Bertz CT molecular complexity index is 1200. The number of alkyl halides is 3. The average molecular weight is 436 g/mol. The fourth-order valence-corrected chi connectivity index (χ4v) is 2.85. The van der Waals surface area contributed by atoms with E-state index in [1.54, 1.807) is 26.0 Å². The molecule has 1 aromatic heterocycles. The van der Waals surface area contributed by atoms with E-state index in [0.717, 1.165) is 11.6 Å². The second-order valence-electron chi connectivity index (χ2n) is 6.90. The minimum atomic E-state index is -4.99. The molecule has 0 spiro atoms. The Morgan fingerprint density at radius 1 is 1.10 bits per heavy atom. The molecule has 0 unspecified atom stereocenters. The Kier molecular flexibility index (Phi) is 5.97. The summed E-state index contributed by atoms with van der Waals surface area (Å²) in [5.74, 6) is -3.04. The van der Waals surface area contributed by atoms with Gasteiger partial charge in [0, 0.05) is 6.07 Å². The summed E-state index contributed by atoms with van der Waals surface area (Å²) < 4.78 is 61.4. The van der Waals surface area contributed by atoms with Crippen molar-refractivity contribution in [2.75, 3.05) is 7.11 Å². The molecule has 0 aliphatic rings. The number of esters is 1. The molecule has 164 valence electrons. The molecule has 0 saturated heterocycles. The van der Waals surface area contributed by atoms with Crippen molar-refractivity contribution < 1.29 is 36.6 Å². The maximum absolute atomic E-state index is 13.7. The highest BCUT2D eigenvalue weighted by molar-refractivity contribution is 5.80. The molecule has 0 radical (unpaired) electrons. The van der Waals surface area contributed by atoms with Crippen LogP contribution in [0, 0.1) is 13.8 Å². The zero-order valence-electron chi connectivity index (χ0n) is 17.1. The maximum atomic E-state index is 13.7. The van der Waals surface area contributed by atoms with Gasteiger partial charge in [-0.25, -0.2) is 4.79 Å². The molecule has 6 nitrogen and oxygen atoms in total. The fraction of sp³-hybridized carbons (Fsp3) is 0.273. The van der Waals surface area contributed by atoms with Crippen molar-refractivity contribution in [2.24, 2.45) is 0 Å². The van der Waals surface area contributed by atoms with Gasteiger partial charge in [0.25, 0.3) is 5.76 Å². The van der Waals surface area contributed by atoms with Crippen molar-refractivity contribution in [1.82, 2.24) is 0 Å². The Labute approximate surface area is 175 Å². The van der Waals surface area contributed by atoms with E-state index in [9.17, 15) is 22.8 Å². The van der Waals surface area contributed by atoms with Gasteiger partial charge in [0.05, 0.1) is 12.5 Å². The molecule has 1 atom stereocenters. The molecule has 0 amide bonds. The van der Waals surface area contributed by atoms with E-state index in [1.807, 2.05) is 0 Å². The maximum Gasteiger partial charge on any atom is 0.453 e. The first kappa shape index (κ1) is 22.2. The number of methoxy groups -OCH3 is 1. The van der Waals surface area contributed by atoms with Gasteiger partial charge in [-0.05, 0) is 50.1 Å². The van der Waals surface area contributed by atoms with Crippen LogP contribution in [0.4, 0.5) is 13.2 Å².